The third-order valence-corrected chi connectivity index (χ3v) is 6.42. The van der Waals surface area contributed by atoms with Crippen LogP contribution in [0.2, 0.25) is 0 Å². The van der Waals surface area contributed by atoms with Gasteiger partial charge in [-0.05, 0) is 80.4 Å². The van der Waals surface area contributed by atoms with E-state index in [0.29, 0.717) is 12.1 Å². The number of carbonyl (C=O) groups excluding carboxylic acids is 1. The molecule has 4 heteroatoms. The largest absolute Gasteiger partial charge is 0.478 e. The van der Waals surface area contributed by atoms with Crippen molar-refractivity contribution in [1.29, 1.82) is 0 Å². The standard InChI is InChI=1S/C20H25NO3/c22-18(23)17-3-1-13(2-4-17)5-6-21-19(24)20-10-14-7-15(11-20)9-16(8-14)12-20/h1-4,14-16H,5-12H2,(H,21,24)(H,22,23). The average Bonchev–Trinajstić information content (AvgIpc) is 2.54. The van der Waals surface area contributed by atoms with Gasteiger partial charge in [0.05, 0.1) is 5.56 Å². The molecule has 5 rings (SSSR count). The number of hydrogen-bond acceptors (Lipinski definition) is 2. The number of aromatic carboxylic acids is 1. The normalized spacial score (nSPS) is 33.4. The number of nitrogens with one attached hydrogen (secondary N) is 1. The Kier molecular flexibility index (Phi) is 3.86. The van der Waals surface area contributed by atoms with Crippen LogP contribution in [-0.2, 0) is 11.2 Å². The van der Waals surface area contributed by atoms with Gasteiger partial charge >= 0.3 is 5.97 Å². The summed E-state index contributed by atoms with van der Waals surface area (Å²) in [7, 11) is 0. The minimum Gasteiger partial charge on any atom is -0.478 e. The molecule has 128 valence electrons. The van der Waals surface area contributed by atoms with E-state index >= 15 is 0 Å². The summed E-state index contributed by atoms with van der Waals surface area (Å²) in [6, 6.07) is 6.91. The highest BCUT2D eigenvalue weighted by Gasteiger charge is 2.54. The zero-order chi connectivity index (χ0) is 16.7. The molecule has 4 aliphatic rings. The molecule has 1 amide bonds. The van der Waals surface area contributed by atoms with Crippen LogP contribution in [0.5, 0.6) is 0 Å². The van der Waals surface area contributed by atoms with Gasteiger partial charge in [-0.1, -0.05) is 12.1 Å². The van der Waals surface area contributed by atoms with Gasteiger partial charge < -0.3 is 10.4 Å². The van der Waals surface area contributed by atoms with Gasteiger partial charge in [0.15, 0.2) is 0 Å². The van der Waals surface area contributed by atoms with Gasteiger partial charge in [0, 0.05) is 12.0 Å². The summed E-state index contributed by atoms with van der Waals surface area (Å²) in [5.41, 5.74) is 1.28. The second-order valence-corrected chi connectivity index (χ2v) is 8.21. The molecule has 1 aromatic rings. The summed E-state index contributed by atoms with van der Waals surface area (Å²) >= 11 is 0. The Morgan fingerprint density at radius 2 is 1.54 bits per heavy atom. The smallest absolute Gasteiger partial charge is 0.335 e. The highest BCUT2D eigenvalue weighted by Crippen LogP contribution is 2.60. The first-order chi connectivity index (χ1) is 11.5. The summed E-state index contributed by atoms with van der Waals surface area (Å²) in [5.74, 6) is 1.71. The van der Waals surface area contributed by atoms with Crippen LogP contribution >= 0.6 is 0 Å². The van der Waals surface area contributed by atoms with Gasteiger partial charge in [0.2, 0.25) is 5.91 Å². The maximum absolute atomic E-state index is 12.8. The van der Waals surface area contributed by atoms with Gasteiger partial charge in [-0.2, -0.15) is 0 Å². The quantitative estimate of drug-likeness (QED) is 0.872. The Morgan fingerprint density at radius 3 is 2.04 bits per heavy atom. The van der Waals surface area contributed by atoms with E-state index < -0.39 is 5.97 Å². The third-order valence-electron chi connectivity index (χ3n) is 6.42. The molecule has 0 unspecified atom stereocenters. The molecule has 0 heterocycles. The van der Waals surface area contributed by atoms with Crippen LogP contribution < -0.4 is 5.32 Å². The fourth-order valence-corrected chi connectivity index (χ4v) is 5.71. The van der Waals surface area contributed by atoms with E-state index in [2.05, 4.69) is 5.32 Å². The Hall–Kier alpha value is -1.84. The number of carboxylic acid groups (broad SMARTS) is 1. The van der Waals surface area contributed by atoms with E-state index in [4.69, 9.17) is 5.11 Å². The lowest BCUT2D eigenvalue weighted by Gasteiger charge is -2.55. The lowest BCUT2D eigenvalue weighted by molar-refractivity contribution is -0.146. The van der Waals surface area contributed by atoms with E-state index in [0.717, 1.165) is 49.0 Å². The highest BCUT2D eigenvalue weighted by atomic mass is 16.4. The van der Waals surface area contributed by atoms with Gasteiger partial charge in [0.25, 0.3) is 0 Å². The van der Waals surface area contributed by atoms with Gasteiger partial charge in [-0.3, -0.25) is 4.79 Å². The summed E-state index contributed by atoms with van der Waals surface area (Å²) in [6.45, 7) is 0.632. The zero-order valence-corrected chi connectivity index (χ0v) is 14.0. The molecule has 4 fully saturated rings. The maximum Gasteiger partial charge on any atom is 0.335 e. The molecule has 0 saturated heterocycles. The molecular formula is C20H25NO3. The molecule has 0 atom stereocenters. The van der Waals surface area contributed by atoms with E-state index in [1.807, 2.05) is 12.1 Å². The molecule has 1 aromatic carbocycles. The van der Waals surface area contributed by atoms with E-state index in [1.165, 1.54) is 19.3 Å². The lowest BCUT2D eigenvalue weighted by Crippen LogP contribution is -2.53. The molecule has 24 heavy (non-hydrogen) atoms. The van der Waals surface area contributed by atoms with E-state index in [9.17, 15) is 9.59 Å². The van der Waals surface area contributed by atoms with E-state index in [1.54, 1.807) is 12.1 Å². The first-order valence-electron chi connectivity index (χ1n) is 9.15. The molecule has 2 N–H and O–H groups in total. The Balaban J connectivity index is 1.33. The number of carboxylic acids is 1. The number of amides is 1. The number of benzene rings is 1. The molecule has 0 radical (unpaired) electrons. The van der Waals surface area contributed by atoms with Gasteiger partial charge in [-0.25, -0.2) is 4.79 Å². The van der Waals surface area contributed by atoms with Crippen molar-refractivity contribution in [2.45, 2.75) is 44.9 Å². The first-order valence-corrected chi connectivity index (χ1v) is 9.15. The first kappa shape index (κ1) is 15.7. The highest BCUT2D eigenvalue weighted by molar-refractivity contribution is 5.87. The van der Waals surface area contributed by atoms with Crippen molar-refractivity contribution in [2.24, 2.45) is 23.2 Å². The second-order valence-electron chi connectivity index (χ2n) is 8.21. The summed E-state index contributed by atoms with van der Waals surface area (Å²) in [4.78, 5) is 23.7. The van der Waals surface area contributed by atoms with E-state index in [-0.39, 0.29) is 11.3 Å². The number of rotatable bonds is 5. The van der Waals surface area contributed by atoms with Crippen LogP contribution in [0.3, 0.4) is 0 Å². The number of carbonyl (C=O) groups is 2. The molecule has 4 bridgehead atoms. The van der Waals surface area contributed by atoms with Crippen molar-refractivity contribution in [3.63, 3.8) is 0 Å². The molecule has 4 saturated carbocycles. The van der Waals surface area contributed by atoms with Gasteiger partial charge in [-0.15, -0.1) is 0 Å². The molecule has 0 spiro atoms. The van der Waals surface area contributed by atoms with Crippen LogP contribution in [0.1, 0.15) is 54.4 Å². The average molecular weight is 327 g/mol. The van der Waals surface area contributed by atoms with Crippen molar-refractivity contribution in [2.75, 3.05) is 6.54 Å². The van der Waals surface area contributed by atoms with Crippen LogP contribution in [0.15, 0.2) is 24.3 Å². The summed E-state index contributed by atoms with van der Waals surface area (Å²) in [6.07, 6.45) is 8.08. The van der Waals surface area contributed by atoms with Gasteiger partial charge in [0.1, 0.15) is 0 Å². The Labute approximate surface area is 142 Å². The fourth-order valence-electron chi connectivity index (χ4n) is 5.71. The SMILES string of the molecule is O=C(O)c1ccc(CCNC(=O)C23CC4CC(CC(C4)C2)C3)cc1. The van der Waals surface area contributed by atoms with Crippen LogP contribution in [0.4, 0.5) is 0 Å². The molecule has 0 aliphatic heterocycles. The third kappa shape index (κ3) is 2.83. The fraction of sp³-hybridized carbons (Fsp3) is 0.600. The Morgan fingerprint density at radius 1 is 1.00 bits per heavy atom. The summed E-state index contributed by atoms with van der Waals surface area (Å²) in [5, 5.41) is 12.1. The summed E-state index contributed by atoms with van der Waals surface area (Å²) < 4.78 is 0. The molecule has 0 aromatic heterocycles. The minimum absolute atomic E-state index is 0.0814. The van der Waals surface area contributed by atoms with Crippen molar-refractivity contribution in [1.82, 2.24) is 5.32 Å². The zero-order valence-electron chi connectivity index (χ0n) is 14.0. The number of hydrogen-bond donors (Lipinski definition) is 2. The minimum atomic E-state index is -0.906. The monoisotopic (exact) mass is 327 g/mol. The lowest BCUT2D eigenvalue weighted by atomic mass is 9.49. The second kappa shape index (κ2) is 5.91. The van der Waals surface area contributed by atoms with Crippen LogP contribution in [0, 0.1) is 23.2 Å². The molecular weight excluding hydrogens is 302 g/mol. The maximum atomic E-state index is 12.8. The van der Waals surface area contributed by atoms with Crippen molar-refractivity contribution in [3.8, 4) is 0 Å². The van der Waals surface area contributed by atoms with Crippen molar-refractivity contribution >= 4 is 11.9 Å². The molecule has 4 nitrogen and oxygen atoms in total. The Bertz CT molecular complexity index is 614. The topological polar surface area (TPSA) is 66.4 Å². The predicted molar refractivity (Wildman–Crippen MR) is 90.7 cm³/mol. The van der Waals surface area contributed by atoms with Crippen molar-refractivity contribution in [3.05, 3.63) is 35.4 Å². The van der Waals surface area contributed by atoms with Crippen LogP contribution in [-0.4, -0.2) is 23.5 Å². The van der Waals surface area contributed by atoms with Crippen LogP contribution in [0.25, 0.3) is 0 Å². The molecule has 4 aliphatic carbocycles. The van der Waals surface area contributed by atoms with Crippen molar-refractivity contribution < 1.29 is 14.7 Å². The predicted octanol–water partition coefficient (Wildman–Crippen LogP) is 3.26.